The Morgan fingerprint density at radius 2 is 2.00 bits per heavy atom. The highest BCUT2D eigenvalue weighted by Crippen LogP contribution is 2.32. The molecule has 17 heavy (non-hydrogen) atoms. The summed E-state index contributed by atoms with van der Waals surface area (Å²) in [6.07, 6.45) is 0.606. The van der Waals surface area contributed by atoms with Crippen molar-refractivity contribution in [3.63, 3.8) is 0 Å². The van der Waals surface area contributed by atoms with E-state index >= 15 is 0 Å². The average Bonchev–Trinajstić information content (AvgIpc) is 2.73. The summed E-state index contributed by atoms with van der Waals surface area (Å²) < 4.78 is 0. The fourth-order valence-electron chi connectivity index (χ4n) is 2.25. The van der Waals surface area contributed by atoms with Gasteiger partial charge in [0.2, 0.25) is 14.7 Å². The summed E-state index contributed by atoms with van der Waals surface area (Å²) in [6.45, 7) is 4.85. The quantitative estimate of drug-likeness (QED) is 0.608. The van der Waals surface area contributed by atoms with Crippen molar-refractivity contribution in [3.05, 3.63) is 35.9 Å². The number of carbonyl (C=O) groups excluding carboxylic acids is 1. The Balaban J connectivity index is 2.16. The number of amides is 1. The molecular weight excluding hydrogens is 250 g/mol. The molecule has 1 aromatic carbocycles. The predicted molar refractivity (Wildman–Crippen MR) is 71.2 cm³/mol. The highest BCUT2D eigenvalue weighted by atomic mass is 35.6. The van der Waals surface area contributed by atoms with Crippen LogP contribution in [0.1, 0.15) is 31.7 Å². The molecule has 90 valence electrons. The van der Waals surface area contributed by atoms with Gasteiger partial charge in [-0.05, 0) is 19.4 Å². The van der Waals surface area contributed by atoms with Gasteiger partial charge in [-0.25, -0.2) is 0 Å². The second-order valence-electron chi connectivity index (χ2n) is 4.97. The Kier molecular flexibility index (Phi) is 3.59. The fraction of sp³-hybridized carbons (Fsp3) is 0.462. The molecule has 1 amide bonds. The second kappa shape index (κ2) is 4.82. The lowest BCUT2D eigenvalue weighted by Crippen LogP contribution is -2.47. The van der Waals surface area contributed by atoms with E-state index in [1.807, 2.05) is 36.9 Å². The predicted octanol–water partition coefficient (Wildman–Crippen LogP) is 2.60. The average molecular weight is 266 g/mol. The third-order valence-corrected chi connectivity index (χ3v) is 5.42. The molecule has 1 heterocycles. The molecule has 4 heteroatoms. The van der Waals surface area contributed by atoms with E-state index in [-0.39, 0.29) is 19.9 Å². The van der Waals surface area contributed by atoms with Crippen LogP contribution in [0.4, 0.5) is 0 Å². The minimum atomic E-state index is -0.220. The Bertz CT molecular complexity index is 407. The van der Waals surface area contributed by atoms with Gasteiger partial charge in [0, 0.05) is 24.0 Å². The van der Waals surface area contributed by atoms with Crippen LogP contribution in [0.15, 0.2) is 30.3 Å². The first-order valence-corrected chi connectivity index (χ1v) is 7.79. The topological polar surface area (TPSA) is 20.3 Å². The normalized spacial score (nSPS) is 21.0. The van der Waals surface area contributed by atoms with Gasteiger partial charge in [-0.1, -0.05) is 30.3 Å². The van der Waals surface area contributed by atoms with Gasteiger partial charge in [-0.2, -0.15) is 11.1 Å². The molecule has 0 spiro atoms. The van der Waals surface area contributed by atoms with E-state index in [1.54, 1.807) is 0 Å². The Labute approximate surface area is 109 Å². The highest BCUT2D eigenvalue weighted by molar-refractivity contribution is 6.95. The lowest BCUT2D eigenvalue weighted by molar-refractivity contribution is -0.130. The number of likely N-dealkylation sites (tertiary alicyclic amines) is 1. The zero-order chi connectivity index (χ0) is 12.5. The smallest absolute Gasteiger partial charge is 0.223 e. The van der Waals surface area contributed by atoms with Crippen LogP contribution in [0.2, 0.25) is 0 Å². The van der Waals surface area contributed by atoms with Crippen molar-refractivity contribution in [1.29, 1.82) is 0 Å². The molecule has 1 atom stereocenters. The van der Waals surface area contributed by atoms with Gasteiger partial charge in [-0.3, -0.25) is 4.79 Å². The molecule has 1 saturated heterocycles. The molecule has 0 aromatic heterocycles. The van der Waals surface area contributed by atoms with Crippen LogP contribution in [-0.2, 0) is 4.79 Å². The van der Waals surface area contributed by atoms with Crippen molar-refractivity contribution in [3.8, 4) is 0 Å². The Morgan fingerprint density at radius 3 is 2.59 bits per heavy atom. The molecular formula is C13H16ClNOSi. The molecule has 2 radical (unpaired) electrons. The van der Waals surface area contributed by atoms with Crippen molar-refractivity contribution < 1.29 is 4.79 Å². The van der Waals surface area contributed by atoms with E-state index in [0.29, 0.717) is 12.3 Å². The van der Waals surface area contributed by atoms with Crippen LogP contribution in [-0.4, -0.2) is 31.3 Å². The summed E-state index contributed by atoms with van der Waals surface area (Å²) in [5, 5.41) is -0.220. The van der Waals surface area contributed by atoms with Crippen LogP contribution >= 0.6 is 11.1 Å². The van der Waals surface area contributed by atoms with Gasteiger partial charge in [0.15, 0.2) is 0 Å². The minimum absolute atomic E-state index is 0.219. The molecule has 1 fully saturated rings. The number of halogens is 1. The number of hydrogen-bond donors (Lipinski definition) is 0. The highest BCUT2D eigenvalue weighted by Gasteiger charge is 2.39. The van der Waals surface area contributed by atoms with Crippen LogP contribution in [0.25, 0.3) is 0 Å². The standard InChI is InChI=1S/C13H16ClNOSi/c1-13(2,17-14)15-9-11(8-12(15)16)10-6-4-3-5-7-10/h3-7,11H,8-9H2,1-2H3. The lowest BCUT2D eigenvalue weighted by Gasteiger charge is -2.33. The molecule has 1 aliphatic heterocycles. The molecule has 2 rings (SSSR count). The second-order valence-corrected chi connectivity index (χ2v) is 6.95. The third-order valence-electron chi connectivity index (χ3n) is 3.30. The van der Waals surface area contributed by atoms with Gasteiger partial charge < -0.3 is 4.90 Å². The third kappa shape index (κ3) is 2.55. The van der Waals surface area contributed by atoms with E-state index < -0.39 is 0 Å². The van der Waals surface area contributed by atoms with E-state index in [2.05, 4.69) is 12.1 Å². The largest absolute Gasteiger partial charge is 0.339 e. The van der Waals surface area contributed by atoms with E-state index in [4.69, 9.17) is 11.1 Å². The van der Waals surface area contributed by atoms with Crippen LogP contribution in [0.3, 0.4) is 0 Å². The van der Waals surface area contributed by atoms with E-state index in [0.717, 1.165) is 6.54 Å². The number of carbonyl (C=O) groups is 1. The van der Waals surface area contributed by atoms with Crippen LogP contribution in [0.5, 0.6) is 0 Å². The van der Waals surface area contributed by atoms with Crippen molar-refractivity contribution in [2.45, 2.75) is 31.3 Å². The summed E-state index contributed by atoms with van der Waals surface area (Å²) in [7, 11) is 0.229. The lowest BCUT2D eigenvalue weighted by atomic mass is 9.98. The van der Waals surface area contributed by atoms with E-state index in [1.165, 1.54) is 5.56 Å². The molecule has 1 unspecified atom stereocenters. The van der Waals surface area contributed by atoms with Gasteiger partial charge >= 0.3 is 0 Å². The maximum Gasteiger partial charge on any atom is 0.223 e. The first-order chi connectivity index (χ1) is 8.04. The Hall–Kier alpha value is -0.803. The van der Waals surface area contributed by atoms with Crippen LogP contribution in [0, 0.1) is 0 Å². The maximum atomic E-state index is 12.0. The zero-order valence-electron chi connectivity index (χ0n) is 10.1. The molecule has 2 nitrogen and oxygen atoms in total. The Morgan fingerprint density at radius 1 is 1.35 bits per heavy atom. The summed E-state index contributed by atoms with van der Waals surface area (Å²) in [5.74, 6) is 0.535. The summed E-state index contributed by atoms with van der Waals surface area (Å²) in [4.78, 5) is 14.0. The zero-order valence-corrected chi connectivity index (χ0v) is 11.9. The molecule has 1 aliphatic rings. The molecule has 1 aromatic rings. The minimum Gasteiger partial charge on any atom is -0.339 e. The molecule has 0 saturated carbocycles. The first kappa shape index (κ1) is 12.6. The molecule has 0 bridgehead atoms. The SMILES string of the molecule is CC(C)([Si]Cl)N1CC(c2ccccc2)CC1=O. The fourth-order valence-corrected chi connectivity index (χ4v) is 2.87. The molecule has 0 N–H and O–H groups in total. The van der Waals surface area contributed by atoms with Crippen molar-refractivity contribution in [1.82, 2.24) is 4.90 Å². The van der Waals surface area contributed by atoms with Crippen molar-refractivity contribution in [2.75, 3.05) is 6.54 Å². The monoisotopic (exact) mass is 265 g/mol. The summed E-state index contributed by atoms with van der Waals surface area (Å²) >= 11 is 5.97. The summed E-state index contributed by atoms with van der Waals surface area (Å²) in [6, 6.07) is 10.2. The number of hydrogen-bond acceptors (Lipinski definition) is 1. The number of nitrogens with zero attached hydrogens (tertiary/aromatic N) is 1. The summed E-state index contributed by atoms with van der Waals surface area (Å²) in [5.41, 5.74) is 1.25. The van der Waals surface area contributed by atoms with Gasteiger partial charge in [-0.15, -0.1) is 0 Å². The van der Waals surface area contributed by atoms with Gasteiger partial charge in [0.05, 0.1) is 0 Å². The van der Waals surface area contributed by atoms with Crippen molar-refractivity contribution >= 4 is 25.8 Å². The number of rotatable bonds is 3. The van der Waals surface area contributed by atoms with Crippen molar-refractivity contribution in [2.24, 2.45) is 0 Å². The van der Waals surface area contributed by atoms with Gasteiger partial charge in [0.25, 0.3) is 0 Å². The number of benzene rings is 1. The first-order valence-electron chi connectivity index (χ1n) is 5.78. The van der Waals surface area contributed by atoms with E-state index in [9.17, 15) is 4.79 Å². The van der Waals surface area contributed by atoms with Crippen LogP contribution < -0.4 is 0 Å². The maximum absolute atomic E-state index is 12.0. The molecule has 0 aliphatic carbocycles. The van der Waals surface area contributed by atoms with Gasteiger partial charge in [0.1, 0.15) is 0 Å².